The van der Waals surface area contributed by atoms with Gasteiger partial charge in [-0.2, -0.15) is 4.98 Å². The van der Waals surface area contributed by atoms with Crippen LogP contribution in [0.1, 0.15) is 55.6 Å². The third-order valence-electron chi connectivity index (χ3n) is 5.97. The van der Waals surface area contributed by atoms with Gasteiger partial charge in [0.25, 0.3) is 0 Å². The molecule has 0 saturated heterocycles. The summed E-state index contributed by atoms with van der Waals surface area (Å²) < 4.78 is 7.49. The fraction of sp³-hybridized carbons (Fsp3) is 0.440. The van der Waals surface area contributed by atoms with Crippen LogP contribution in [0, 0.1) is 19.8 Å². The molecular formula is C25H31ClN4O. The van der Waals surface area contributed by atoms with E-state index < -0.39 is 0 Å². The number of halogens is 1. The summed E-state index contributed by atoms with van der Waals surface area (Å²) in [7, 11) is 1.67. The zero-order valence-electron chi connectivity index (χ0n) is 18.8. The molecule has 1 atom stereocenters. The second kappa shape index (κ2) is 9.31. The lowest BCUT2D eigenvalue weighted by Gasteiger charge is -2.33. The molecule has 1 heterocycles. The molecule has 4 rings (SSSR count). The van der Waals surface area contributed by atoms with Crippen LogP contribution in [0.15, 0.2) is 42.5 Å². The Balaban J connectivity index is 1.88. The van der Waals surface area contributed by atoms with Gasteiger partial charge in [0.15, 0.2) is 0 Å². The van der Waals surface area contributed by atoms with Crippen LogP contribution in [-0.2, 0) is 6.54 Å². The van der Waals surface area contributed by atoms with Gasteiger partial charge in [-0.25, -0.2) is 4.68 Å². The molecule has 1 aliphatic rings. The van der Waals surface area contributed by atoms with Crippen LogP contribution in [0.3, 0.4) is 0 Å². The minimum absolute atomic E-state index is 0.107. The molecule has 2 aromatic carbocycles. The van der Waals surface area contributed by atoms with Crippen LogP contribution in [0.2, 0.25) is 5.02 Å². The second-order valence-electron chi connectivity index (χ2n) is 8.43. The average Bonchev–Trinajstić information content (AvgIpc) is 3.52. The minimum Gasteiger partial charge on any atom is -0.496 e. The fourth-order valence-corrected chi connectivity index (χ4v) is 4.38. The molecule has 164 valence electrons. The number of nitrogens with zero attached hydrogens (tertiary/aromatic N) is 4. The van der Waals surface area contributed by atoms with E-state index in [4.69, 9.17) is 26.4 Å². The monoisotopic (exact) mass is 438 g/mol. The Bertz CT molecular complexity index is 1030. The fourth-order valence-electron chi connectivity index (χ4n) is 4.13. The topological polar surface area (TPSA) is 43.2 Å². The summed E-state index contributed by atoms with van der Waals surface area (Å²) in [5.74, 6) is 3.13. The first-order chi connectivity index (χ1) is 15.0. The van der Waals surface area contributed by atoms with Crippen molar-refractivity contribution >= 4 is 23.2 Å². The van der Waals surface area contributed by atoms with E-state index in [9.17, 15) is 0 Å². The summed E-state index contributed by atoms with van der Waals surface area (Å²) in [6.45, 7) is 7.07. The number of hydrogen-bond donors (Lipinski definition) is 0. The molecule has 1 saturated carbocycles. The van der Waals surface area contributed by atoms with Gasteiger partial charge in [-0.3, -0.25) is 0 Å². The zero-order valence-corrected chi connectivity index (χ0v) is 19.6. The molecule has 0 N–H and O–H groups in total. The lowest BCUT2D eigenvalue weighted by Crippen LogP contribution is -2.26. The van der Waals surface area contributed by atoms with Gasteiger partial charge in [0.05, 0.1) is 23.9 Å². The van der Waals surface area contributed by atoms with Gasteiger partial charge in [-0.1, -0.05) is 61.7 Å². The molecule has 0 unspecified atom stereocenters. The first-order valence-electron chi connectivity index (χ1n) is 11.1. The number of ether oxygens (including phenoxy) is 1. The lowest BCUT2D eigenvalue weighted by atomic mass is 9.98. The molecular weight excluding hydrogens is 408 g/mol. The summed E-state index contributed by atoms with van der Waals surface area (Å²) in [6, 6.07) is 14.8. The normalized spacial score (nSPS) is 14.5. The van der Waals surface area contributed by atoms with Crippen LogP contribution >= 0.6 is 11.6 Å². The summed E-state index contributed by atoms with van der Waals surface area (Å²) in [5.41, 5.74) is 3.21. The van der Waals surface area contributed by atoms with E-state index in [1.165, 1.54) is 18.4 Å². The highest BCUT2D eigenvalue weighted by atomic mass is 35.5. The molecule has 0 spiro atoms. The Hall–Kier alpha value is -2.53. The molecule has 0 aliphatic heterocycles. The molecule has 1 aromatic heterocycles. The average molecular weight is 439 g/mol. The van der Waals surface area contributed by atoms with Gasteiger partial charge >= 0.3 is 0 Å². The van der Waals surface area contributed by atoms with Crippen molar-refractivity contribution in [2.75, 3.05) is 12.0 Å². The quantitative estimate of drug-likeness (QED) is 0.375. The van der Waals surface area contributed by atoms with Crippen LogP contribution in [0.25, 0.3) is 0 Å². The maximum absolute atomic E-state index is 6.83. The van der Waals surface area contributed by atoms with Gasteiger partial charge in [-0.05, 0) is 49.8 Å². The minimum atomic E-state index is 0.107. The van der Waals surface area contributed by atoms with Crippen LogP contribution < -0.4 is 9.64 Å². The number of aromatic nitrogens is 3. The number of rotatable bonds is 9. The summed E-state index contributed by atoms with van der Waals surface area (Å²) in [4.78, 5) is 7.12. The Morgan fingerprint density at radius 1 is 1.19 bits per heavy atom. The van der Waals surface area contributed by atoms with Crippen molar-refractivity contribution in [1.82, 2.24) is 14.8 Å². The molecule has 3 aromatic rings. The molecule has 0 bridgehead atoms. The third kappa shape index (κ3) is 4.72. The third-order valence-corrected chi connectivity index (χ3v) is 6.27. The van der Waals surface area contributed by atoms with Crippen molar-refractivity contribution in [1.29, 1.82) is 0 Å². The predicted molar refractivity (Wildman–Crippen MR) is 126 cm³/mol. The summed E-state index contributed by atoms with van der Waals surface area (Å²) in [6.07, 6.45) is 4.62. The SMILES string of the molecule is CCCn1nc(N(c2cc(C)c(OC)cc2Cl)[C@@H](CC2CC2)c2ccccc2)nc1C. The van der Waals surface area contributed by atoms with E-state index in [2.05, 4.69) is 48.2 Å². The molecule has 1 aliphatic carbocycles. The highest BCUT2D eigenvalue weighted by Crippen LogP contribution is 2.46. The van der Waals surface area contributed by atoms with Crippen LogP contribution in [0.5, 0.6) is 5.75 Å². The van der Waals surface area contributed by atoms with Crippen molar-refractivity contribution in [3.63, 3.8) is 0 Å². The summed E-state index contributed by atoms with van der Waals surface area (Å²) >= 11 is 6.83. The van der Waals surface area contributed by atoms with E-state index in [1.54, 1.807) is 7.11 Å². The van der Waals surface area contributed by atoms with Crippen LogP contribution in [0.4, 0.5) is 11.6 Å². The molecule has 0 amide bonds. The zero-order chi connectivity index (χ0) is 22.0. The Morgan fingerprint density at radius 3 is 2.58 bits per heavy atom. The maximum Gasteiger partial charge on any atom is 0.250 e. The molecule has 1 fully saturated rings. The lowest BCUT2D eigenvalue weighted by molar-refractivity contribution is 0.411. The predicted octanol–water partition coefficient (Wildman–Crippen LogP) is 6.65. The van der Waals surface area contributed by atoms with Crippen molar-refractivity contribution in [3.05, 3.63) is 64.4 Å². The number of benzene rings is 2. The number of hydrogen-bond acceptors (Lipinski definition) is 4. The van der Waals surface area contributed by atoms with E-state index in [0.29, 0.717) is 11.0 Å². The summed E-state index contributed by atoms with van der Waals surface area (Å²) in [5, 5.41) is 5.55. The van der Waals surface area contributed by atoms with Gasteiger partial charge in [0.2, 0.25) is 5.95 Å². The first-order valence-corrected chi connectivity index (χ1v) is 11.5. The van der Waals surface area contributed by atoms with Crippen molar-refractivity contribution < 1.29 is 4.74 Å². The van der Waals surface area contributed by atoms with E-state index in [1.807, 2.05) is 24.6 Å². The maximum atomic E-state index is 6.83. The van der Waals surface area contributed by atoms with Crippen molar-refractivity contribution in [2.45, 2.75) is 59.0 Å². The van der Waals surface area contributed by atoms with E-state index in [-0.39, 0.29) is 6.04 Å². The van der Waals surface area contributed by atoms with Gasteiger partial charge in [0.1, 0.15) is 11.6 Å². The largest absolute Gasteiger partial charge is 0.496 e. The Labute approximate surface area is 190 Å². The molecule has 31 heavy (non-hydrogen) atoms. The smallest absolute Gasteiger partial charge is 0.250 e. The Morgan fingerprint density at radius 2 is 1.94 bits per heavy atom. The van der Waals surface area contributed by atoms with Crippen molar-refractivity contribution in [3.8, 4) is 5.75 Å². The number of aryl methyl sites for hydroxylation is 3. The van der Waals surface area contributed by atoms with Crippen molar-refractivity contribution in [2.24, 2.45) is 5.92 Å². The standard InChI is InChI=1S/C25H31ClN4O/c1-5-13-29-18(3)27-25(28-29)30(23-14-17(2)24(31-4)16-21(23)26)22(15-19-11-12-19)20-9-7-6-8-10-20/h6-10,14,16,19,22H,5,11-13,15H2,1-4H3/t22-/m0/s1. The number of methoxy groups -OCH3 is 1. The Kier molecular flexibility index (Phi) is 6.51. The second-order valence-corrected chi connectivity index (χ2v) is 8.84. The van der Waals surface area contributed by atoms with Gasteiger partial charge in [0, 0.05) is 12.6 Å². The van der Waals surface area contributed by atoms with Gasteiger partial charge < -0.3 is 9.64 Å². The van der Waals surface area contributed by atoms with E-state index in [0.717, 1.165) is 48.1 Å². The first kappa shape index (κ1) is 21.7. The molecule has 5 nitrogen and oxygen atoms in total. The number of anilines is 2. The highest BCUT2D eigenvalue weighted by Gasteiger charge is 2.34. The highest BCUT2D eigenvalue weighted by molar-refractivity contribution is 6.33. The molecule has 0 radical (unpaired) electrons. The van der Waals surface area contributed by atoms with Gasteiger partial charge in [-0.15, -0.1) is 5.10 Å². The van der Waals surface area contributed by atoms with E-state index >= 15 is 0 Å². The molecule has 6 heteroatoms. The van der Waals surface area contributed by atoms with Crippen LogP contribution in [-0.4, -0.2) is 21.9 Å².